The Bertz CT molecular complexity index is 1050. The fourth-order valence-electron chi connectivity index (χ4n) is 3.27. The first-order chi connectivity index (χ1) is 14.7. The van der Waals surface area contributed by atoms with Gasteiger partial charge in [-0.2, -0.15) is 0 Å². The number of benzene rings is 2. The second kappa shape index (κ2) is 9.21. The predicted octanol–water partition coefficient (Wildman–Crippen LogP) is 4.17. The summed E-state index contributed by atoms with van der Waals surface area (Å²) in [6, 6.07) is 13.5. The molecule has 4 rings (SSSR count). The molecule has 0 spiro atoms. The van der Waals surface area contributed by atoms with Crippen molar-refractivity contribution < 1.29 is 14.3 Å². The molecule has 30 heavy (non-hydrogen) atoms. The third-order valence-corrected chi connectivity index (χ3v) is 5.75. The third-order valence-electron chi connectivity index (χ3n) is 4.78. The molecule has 7 nitrogen and oxygen atoms in total. The second-order valence-corrected chi connectivity index (χ2v) is 7.86. The average Bonchev–Trinajstić information content (AvgIpc) is 3.01. The monoisotopic (exact) mass is 424 g/mol. The molecule has 1 aromatic heterocycles. The molecule has 0 fully saturated rings. The van der Waals surface area contributed by atoms with Crippen molar-refractivity contribution >= 4 is 23.4 Å². The minimum absolute atomic E-state index is 0.113. The van der Waals surface area contributed by atoms with Crippen LogP contribution in [0.15, 0.2) is 47.6 Å². The molecule has 156 valence electrons. The fraction of sp³-hybridized carbons (Fsp3) is 0.318. The molecule has 8 heteroatoms. The van der Waals surface area contributed by atoms with Crippen LogP contribution in [-0.4, -0.2) is 39.6 Å². The summed E-state index contributed by atoms with van der Waals surface area (Å²) in [4.78, 5) is 12.5. The number of thioether (sulfide) groups is 1. The highest BCUT2D eigenvalue weighted by molar-refractivity contribution is 7.99. The van der Waals surface area contributed by atoms with Crippen LogP contribution in [0.3, 0.4) is 0 Å². The molecule has 0 saturated carbocycles. The zero-order valence-electron chi connectivity index (χ0n) is 17.1. The maximum absolute atomic E-state index is 12.5. The van der Waals surface area contributed by atoms with Gasteiger partial charge in [0.15, 0.2) is 22.5 Å². The Morgan fingerprint density at radius 3 is 2.73 bits per heavy atom. The molecule has 0 radical (unpaired) electrons. The molecule has 1 aliphatic heterocycles. The molecule has 0 aliphatic carbocycles. The Labute approximate surface area is 179 Å². The second-order valence-electron chi connectivity index (χ2n) is 6.91. The normalized spacial score (nSPS) is 13.0. The van der Waals surface area contributed by atoms with E-state index in [1.54, 1.807) is 6.07 Å². The van der Waals surface area contributed by atoms with E-state index in [1.165, 1.54) is 11.8 Å². The van der Waals surface area contributed by atoms with Gasteiger partial charge >= 0.3 is 0 Å². The Balaban J connectivity index is 1.42. The van der Waals surface area contributed by atoms with Crippen LogP contribution in [0.5, 0.6) is 11.5 Å². The van der Waals surface area contributed by atoms with Gasteiger partial charge in [0, 0.05) is 30.3 Å². The average molecular weight is 425 g/mol. The van der Waals surface area contributed by atoms with Gasteiger partial charge in [-0.25, -0.2) is 0 Å². The van der Waals surface area contributed by atoms with Crippen LogP contribution in [-0.2, 0) is 11.3 Å². The number of ether oxygens (including phenoxy) is 2. The van der Waals surface area contributed by atoms with Gasteiger partial charge in [0.25, 0.3) is 0 Å². The van der Waals surface area contributed by atoms with Crippen LogP contribution in [0.4, 0.5) is 5.69 Å². The van der Waals surface area contributed by atoms with Crippen molar-refractivity contribution in [3.8, 4) is 22.9 Å². The molecule has 0 saturated heterocycles. The van der Waals surface area contributed by atoms with Gasteiger partial charge < -0.3 is 19.4 Å². The SMILES string of the molecule is CCn1c(SCC(=O)Nc2ccc3c(c2)OCCCO3)nnc1-c1ccccc1C. The van der Waals surface area contributed by atoms with E-state index in [9.17, 15) is 4.79 Å². The van der Waals surface area contributed by atoms with Crippen molar-refractivity contribution in [2.45, 2.75) is 32.0 Å². The number of hydrogen-bond donors (Lipinski definition) is 1. The van der Waals surface area contributed by atoms with Gasteiger partial charge in [0.1, 0.15) is 0 Å². The number of aromatic nitrogens is 3. The van der Waals surface area contributed by atoms with Gasteiger partial charge in [0.2, 0.25) is 5.91 Å². The van der Waals surface area contributed by atoms with Gasteiger partial charge in [-0.3, -0.25) is 4.79 Å². The van der Waals surface area contributed by atoms with Gasteiger partial charge in [-0.15, -0.1) is 10.2 Å². The van der Waals surface area contributed by atoms with Crippen LogP contribution in [0.1, 0.15) is 18.9 Å². The van der Waals surface area contributed by atoms with Crippen LogP contribution in [0.25, 0.3) is 11.4 Å². The van der Waals surface area contributed by atoms with Crippen molar-refractivity contribution in [3.63, 3.8) is 0 Å². The first-order valence-electron chi connectivity index (χ1n) is 9.97. The molecular weight excluding hydrogens is 400 g/mol. The number of anilines is 1. The first kappa shape index (κ1) is 20.3. The zero-order valence-corrected chi connectivity index (χ0v) is 17.9. The van der Waals surface area contributed by atoms with Gasteiger partial charge in [-0.05, 0) is 31.5 Å². The molecule has 3 aromatic rings. The van der Waals surface area contributed by atoms with Crippen molar-refractivity contribution in [2.75, 3.05) is 24.3 Å². The summed E-state index contributed by atoms with van der Waals surface area (Å²) in [6.45, 7) is 6.07. The van der Waals surface area contributed by atoms with Crippen LogP contribution in [0, 0.1) is 6.92 Å². The predicted molar refractivity (Wildman–Crippen MR) is 117 cm³/mol. The number of rotatable bonds is 6. The number of carbonyl (C=O) groups excluding carboxylic acids is 1. The van der Waals surface area contributed by atoms with Crippen molar-refractivity contribution in [1.29, 1.82) is 0 Å². The van der Waals surface area contributed by atoms with E-state index >= 15 is 0 Å². The number of hydrogen-bond acceptors (Lipinski definition) is 6. The summed E-state index contributed by atoms with van der Waals surface area (Å²) in [7, 11) is 0. The number of nitrogens with zero attached hydrogens (tertiary/aromatic N) is 3. The van der Waals surface area contributed by atoms with E-state index in [0.717, 1.165) is 35.1 Å². The molecule has 2 heterocycles. The molecule has 1 aliphatic rings. The molecule has 1 N–H and O–H groups in total. The molecular formula is C22H24N4O3S. The van der Waals surface area contributed by atoms with Crippen LogP contribution >= 0.6 is 11.8 Å². The summed E-state index contributed by atoms with van der Waals surface area (Å²) in [6.07, 6.45) is 0.843. The summed E-state index contributed by atoms with van der Waals surface area (Å²) in [5.41, 5.74) is 2.88. The Kier molecular flexibility index (Phi) is 6.23. The van der Waals surface area contributed by atoms with Gasteiger partial charge in [-0.1, -0.05) is 36.0 Å². The van der Waals surface area contributed by atoms with Crippen molar-refractivity contribution in [2.24, 2.45) is 0 Å². The third kappa shape index (κ3) is 4.43. The molecule has 0 bridgehead atoms. The topological polar surface area (TPSA) is 78.3 Å². The molecule has 2 aromatic carbocycles. The van der Waals surface area contributed by atoms with Crippen molar-refractivity contribution in [3.05, 3.63) is 48.0 Å². The number of aryl methyl sites for hydroxylation is 1. The van der Waals surface area contributed by atoms with Crippen LogP contribution < -0.4 is 14.8 Å². The number of amides is 1. The largest absolute Gasteiger partial charge is 0.490 e. The molecule has 0 unspecified atom stereocenters. The number of fused-ring (bicyclic) bond motifs is 1. The van der Waals surface area contributed by atoms with Crippen molar-refractivity contribution in [1.82, 2.24) is 14.8 Å². The Morgan fingerprint density at radius 1 is 1.13 bits per heavy atom. The summed E-state index contributed by atoms with van der Waals surface area (Å²) in [5, 5.41) is 12.3. The van der Waals surface area contributed by atoms with Gasteiger partial charge in [0.05, 0.1) is 19.0 Å². The Morgan fingerprint density at radius 2 is 1.93 bits per heavy atom. The van der Waals surface area contributed by atoms with E-state index in [0.29, 0.717) is 30.4 Å². The summed E-state index contributed by atoms with van der Waals surface area (Å²) in [5.74, 6) is 2.31. The molecule has 1 amide bonds. The minimum Gasteiger partial charge on any atom is -0.490 e. The summed E-state index contributed by atoms with van der Waals surface area (Å²) < 4.78 is 13.3. The van der Waals surface area contributed by atoms with E-state index in [-0.39, 0.29) is 11.7 Å². The lowest BCUT2D eigenvalue weighted by Crippen LogP contribution is -2.14. The maximum Gasteiger partial charge on any atom is 0.234 e. The van der Waals surface area contributed by atoms with E-state index in [1.807, 2.05) is 41.8 Å². The maximum atomic E-state index is 12.5. The number of carbonyl (C=O) groups is 1. The van der Waals surface area contributed by atoms with E-state index < -0.39 is 0 Å². The van der Waals surface area contributed by atoms with E-state index in [2.05, 4.69) is 28.5 Å². The highest BCUT2D eigenvalue weighted by Crippen LogP contribution is 2.32. The highest BCUT2D eigenvalue weighted by Gasteiger charge is 2.16. The zero-order chi connectivity index (χ0) is 20.9. The number of nitrogens with one attached hydrogen (secondary N) is 1. The minimum atomic E-state index is -0.113. The summed E-state index contributed by atoms with van der Waals surface area (Å²) >= 11 is 1.37. The lowest BCUT2D eigenvalue weighted by Gasteiger charge is -2.11. The quantitative estimate of drug-likeness (QED) is 0.599. The smallest absolute Gasteiger partial charge is 0.234 e. The van der Waals surface area contributed by atoms with Crippen LogP contribution in [0.2, 0.25) is 0 Å². The first-order valence-corrected chi connectivity index (χ1v) is 11.0. The lowest BCUT2D eigenvalue weighted by molar-refractivity contribution is -0.113. The standard InChI is InChI=1S/C22H24N4O3S/c1-3-26-21(17-8-5-4-7-15(17)2)24-25-22(26)30-14-20(27)23-16-9-10-18-19(13-16)29-12-6-11-28-18/h4-5,7-10,13H,3,6,11-12,14H2,1-2H3,(H,23,27). The lowest BCUT2D eigenvalue weighted by atomic mass is 10.1. The van der Waals surface area contributed by atoms with E-state index in [4.69, 9.17) is 9.47 Å². The Hall–Kier alpha value is -3.00. The molecule has 0 atom stereocenters. The fourth-order valence-corrected chi connectivity index (χ4v) is 4.07. The highest BCUT2D eigenvalue weighted by atomic mass is 32.2.